The molecule has 2 aromatic heterocycles. The number of halogens is 2. The van der Waals surface area contributed by atoms with Gasteiger partial charge in [0.05, 0.1) is 25.4 Å². The largest absolute Gasteiger partial charge is 0.465 e. The highest BCUT2D eigenvalue weighted by atomic mass is 35.5. The number of para-hydroxylation sites is 1. The summed E-state index contributed by atoms with van der Waals surface area (Å²) in [7, 11) is 1.63. The number of aromatic nitrogens is 4. The highest BCUT2D eigenvalue weighted by Crippen LogP contribution is 2.49. The van der Waals surface area contributed by atoms with Crippen LogP contribution in [0.15, 0.2) is 36.7 Å². The van der Waals surface area contributed by atoms with Gasteiger partial charge >= 0.3 is 12.6 Å². The van der Waals surface area contributed by atoms with Gasteiger partial charge in [0.15, 0.2) is 29.4 Å². The SMILES string of the molecule is CCOC(=O)[C@H](C)N[P@](=S)(OC[C@@]1(CCl)O[C@@H](n2cnc3c(NC)nc(N)nc32)[C@@H](F)[C@@H]1O)Oc1ccccc1. The number of nitrogens with one attached hydrogen (secondary N) is 2. The Labute approximate surface area is 239 Å². The number of nitrogens with zero attached hydrogens (tertiary/aromatic N) is 4. The van der Waals surface area contributed by atoms with Crippen LogP contribution in [0.1, 0.15) is 20.1 Å². The lowest BCUT2D eigenvalue weighted by atomic mass is 9.99. The normalized spacial score (nSPS) is 24.9. The van der Waals surface area contributed by atoms with Gasteiger partial charge in [-0.25, -0.2) is 14.5 Å². The number of nitrogen functional groups attached to an aromatic ring is 1. The van der Waals surface area contributed by atoms with E-state index < -0.39 is 49.4 Å². The molecule has 1 aliphatic heterocycles. The predicted molar refractivity (Wildman–Crippen MR) is 150 cm³/mol. The number of esters is 1. The summed E-state index contributed by atoms with van der Waals surface area (Å²) in [6.07, 6.45) is -3.78. The highest BCUT2D eigenvalue weighted by molar-refractivity contribution is 8.09. The van der Waals surface area contributed by atoms with Crippen LogP contribution in [0.3, 0.4) is 0 Å². The molecule has 0 amide bonds. The van der Waals surface area contributed by atoms with E-state index in [0.717, 1.165) is 0 Å². The van der Waals surface area contributed by atoms with Crippen molar-refractivity contribution in [3.05, 3.63) is 36.7 Å². The zero-order chi connectivity index (χ0) is 29.1. The van der Waals surface area contributed by atoms with E-state index in [2.05, 4.69) is 25.4 Å². The summed E-state index contributed by atoms with van der Waals surface area (Å²) in [4.78, 5) is 24.8. The van der Waals surface area contributed by atoms with Crippen molar-refractivity contribution < 1.29 is 32.8 Å². The second kappa shape index (κ2) is 12.5. The molecule has 1 aromatic carbocycles. The molecule has 0 saturated carbocycles. The smallest absolute Gasteiger partial charge is 0.323 e. The summed E-state index contributed by atoms with van der Waals surface area (Å²) >= 11 is 12.0. The van der Waals surface area contributed by atoms with Crippen LogP contribution in [0.4, 0.5) is 16.2 Å². The van der Waals surface area contributed by atoms with Crippen molar-refractivity contribution in [1.82, 2.24) is 24.6 Å². The lowest BCUT2D eigenvalue weighted by Gasteiger charge is -2.33. The summed E-state index contributed by atoms with van der Waals surface area (Å²) in [5.41, 5.74) is 4.57. The molecule has 0 radical (unpaired) electrons. The minimum atomic E-state index is -3.52. The maximum Gasteiger partial charge on any atom is 0.323 e. The Morgan fingerprint density at radius 3 is 2.77 bits per heavy atom. The quantitative estimate of drug-likeness (QED) is 0.133. The Morgan fingerprint density at radius 1 is 1.40 bits per heavy atom. The van der Waals surface area contributed by atoms with E-state index in [1.54, 1.807) is 51.2 Å². The van der Waals surface area contributed by atoms with Gasteiger partial charge in [-0.2, -0.15) is 9.97 Å². The molecule has 5 N–H and O–H groups in total. The first-order chi connectivity index (χ1) is 19.1. The van der Waals surface area contributed by atoms with Crippen molar-refractivity contribution in [1.29, 1.82) is 0 Å². The first-order valence-electron chi connectivity index (χ1n) is 12.2. The Kier molecular flexibility index (Phi) is 9.45. The second-order valence-corrected chi connectivity index (χ2v) is 12.3. The fourth-order valence-electron chi connectivity index (χ4n) is 4.06. The summed E-state index contributed by atoms with van der Waals surface area (Å²) in [5, 5.41) is 16.7. The van der Waals surface area contributed by atoms with Crippen molar-refractivity contribution in [2.75, 3.05) is 37.2 Å². The molecule has 4 rings (SSSR count). The monoisotopic (exact) mass is 617 g/mol. The van der Waals surface area contributed by atoms with Crippen LogP contribution in [-0.2, 0) is 30.6 Å². The summed E-state index contributed by atoms with van der Waals surface area (Å²) < 4.78 is 40.0. The van der Waals surface area contributed by atoms with Gasteiger partial charge in [-0.1, -0.05) is 18.2 Å². The fraction of sp³-hybridized carbons (Fsp3) is 0.478. The Hall–Kier alpha value is -2.65. The van der Waals surface area contributed by atoms with Gasteiger partial charge in [0.1, 0.15) is 23.5 Å². The number of ether oxygens (including phenoxy) is 2. The van der Waals surface area contributed by atoms with Crippen LogP contribution in [0.25, 0.3) is 11.2 Å². The second-order valence-electron chi connectivity index (χ2n) is 8.88. The summed E-state index contributed by atoms with van der Waals surface area (Å²) in [5.74, 6) is -0.307. The third-order valence-corrected chi connectivity index (χ3v) is 9.02. The number of imidazole rings is 1. The topological polar surface area (TPSA) is 168 Å². The standard InChI is InChI=1S/C23H30ClFN7O6PS/c1-4-35-21(34)13(2)31-39(40,38-14-8-6-5-7-9-14)36-11-23(10-24)17(33)15(25)20(37-23)32-12-28-16-18(27-3)29-22(26)30-19(16)32/h5-9,12-13,15,17,20,33H,4,10-11H2,1-3H3,(H,31,40)(H3,26,27,29,30)/t13-,15-,17-,20+,23+,39-/m0/s1. The zero-order valence-electron chi connectivity index (χ0n) is 21.9. The molecule has 6 atom stereocenters. The van der Waals surface area contributed by atoms with Gasteiger partial charge in [-0.15, -0.1) is 11.6 Å². The number of carbonyl (C=O) groups is 1. The minimum Gasteiger partial charge on any atom is -0.465 e. The summed E-state index contributed by atoms with van der Waals surface area (Å²) in [6.45, 7) is -0.618. The molecular formula is C23H30ClFN7O6PS. The number of nitrogens with two attached hydrogens (primary N) is 1. The van der Waals surface area contributed by atoms with Crippen molar-refractivity contribution in [3.63, 3.8) is 0 Å². The summed E-state index contributed by atoms with van der Waals surface area (Å²) in [6, 6.07) is 7.67. The molecule has 218 valence electrons. The average Bonchev–Trinajstić information content (AvgIpc) is 3.46. The number of hydrogen-bond donors (Lipinski definition) is 4. The molecule has 0 bridgehead atoms. The minimum absolute atomic E-state index is 0.0694. The van der Waals surface area contributed by atoms with Crippen molar-refractivity contribution >= 4 is 58.9 Å². The van der Waals surface area contributed by atoms with E-state index in [1.165, 1.54) is 10.9 Å². The molecule has 17 heteroatoms. The molecule has 3 aromatic rings. The molecule has 13 nitrogen and oxygen atoms in total. The van der Waals surface area contributed by atoms with E-state index in [-0.39, 0.29) is 24.1 Å². The van der Waals surface area contributed by atoms with Gasteiger partial charge in [0.25, 0.3) is 0 Å². The van der Waals surface area contributed by atoms with Gasteiger partial charge in [-0.3, -0.25) is 9.36 Å². The molecule has 0 spiro atoms. The van der Waals surface area contributed by atoms with Crippen LogP contribution in [0, 0.1) is 0 Å². The highest BCUT2D eigenvalue weighted by Gasteiger charge is 2.57. The van der Waals surface area contributed by atoms with Gasteiger partial charge < -0.3 is 34.7 Å². The first-order valence-corrected chi connectivity index (χ1v) is 15.4. The van der Waals surface area contributed by atoms with E-state index in [9.17, 15) is 9.90 Å². The fourth-order valence-corrected chi connectivity index (χ4v) is 6.79. The van der Waals surface area contributed by atoms with E-state index in [0.29, 0.717) is 17.1 Å². The maximum absolute atomic E-state index is 15.7. The van der Waals surface area contributed by atoms with Crippen LogP contribution in [0.2, 0.25) is 0 Å². The molecular weight excluding hydrogens is 588 g/mol. The first kappa shape index (κ1) is 30.3. The van der Waals surface area contributed by atoms with E-state index in [1.807, 2.05) is 0 Å². The average molecular weight is 618 g/mol. The molecule has 1 saturated heterocycles. The number of aliphatic hydroxyl groups excluding tert-OH is 1. The Balaban J connectivity index is 1.61. The van der Waals surface area contributed by atoms with Crippen molar-refractivity contribution in [2.24, 2.45) is 0 Å². The van der Waals surface area contributed by atoms with Gasteiger partial charge in [0, 0.05) is 7.05 Å². The molecule has 40 heavy (non-hydrogen) atoms. The predicted octanol–water partition coefficient (Wildman–Crippen LogP) is 2.52. The zero-order valence-corrected chi connectivity index (χ0v) is 24.3. The number of aliphatic hydroxyl groups is 1. The number of fused-ring (bicyclic) bond motifs is 1. The molecule has 0 aliphatic carbocycles. The van der Waals surface area contributed by atoms with Crippen LogP contribution in [-0.4, -0.2) is 80.7 Å². The van der Waals surface area contributed by atoms with Crippen molar-refractivity contribution in [2.45, 2.75) is 44.0 Å². The third-order valence-electron chi connectivity index (χ3n) is 6.08. The van der Waals surface area contributed by atoms with E-state index in [4.69, 9.17) is 47.7 Å². The molecule has 3 heterocycles. The maximum atomic E-state index is 15.7. The van der Waals surface area contributed by atoms with Crippen LogP contribution < -0.4 is 20.7 Å². The number of anilines is 2. The number of alkyl halides is 2. The van der Waals surface area contributed by atoms with E-state index >= 15 is 4.39 Å². The third kappa shape index (κ3) is 6.15. The molecule has 0 unspecified atom stereocenters. The molecule has 1 aliphatic rings. The number of rotatable bonds is 12. The number of hydrogen-bond acceptors (Lipinski definition) is 12. The Morgan fingerprint density at radius 2 is 2.12 bits per heavy atom. The van der Waals surface area contributed by atoms with Gasteiger partial charge in [0.2, 0.25) is 5.95 Å². The van der Waals surface area contributed by atoms with Gasteiger partial charge in [-0.05, 0) is 37.8 Å². The number of benzene rings is 1. The number of carbonyl (C=O) groups excluding carboxylic acids is 1. The molecule has 1 fully saturated rings. The lowest BCUT2D eigenvalue weighted by Crippen LogP contribution is -2.48. The van der Waals surface area contributed by atoms with Crippen molar-refractivity contribution in [3.8, 4) is 5.75 Å². The van der Waals surface area contributed by atoms with Crippen LogP contribution in [0.5, 0.6) is 5.75 Å². The Bertz CT molecular complexity index is 1390. The van der Waals surface area contributed by atoms with Crippen LogP contribution >= 0.6 is 18.2 Å². The lowest BCUT2D eigenvalue weighted by molar-refractivity contribution is -0.144.